The van der Waals surface area contributed by atoms with Gasteiger partial charge in [0, 0.05) is 12.7 Å². The molecule has 0 unspecified atom stereocenters. The second kappa shape index (κ2) is 6.75. The number of aryl methyl sites for hydroxylation is 1. The van der Waals surface area contributed by atoms with Gasteiger partial charge >= 0.3 is 0 Å². The fraction of sp³-hybridized carbons (Fsp3) is 0.316. The van der Waals surface area contributed by atoms with Gasteiger partial charge in [-0.1, -0.05) is 36.4 Å². The maximum Gasteiger partial charge on any atom is 0.251 e. The first-order chi connectivity index (χ1) is 10.8. The molecule has 0 saturated heterocycles. The zero-order valence-corrected chi connectivity index (χ0v) is 12.8. The van der Waals surface area contributed by atoms with Gasteiger partial charge in [-0.3, -0.25) is 4.79 Å². The van der Waals surface area contributed by atoms with Gasteiger partial charge in [-0.25, -0.2) is 0 Å². The Hall–Kier alpha value is -2.13. The number of ether oxygens (including phenoxy) is 1. The van der Waals surface area contributed by atoms with Gasteiger partial charge in [-0.2, -0.15) is 0 Å². The molecule has 0 heterocycles. The number of hydrogen-bond donors (Lipinski definition) is 1. The lowest BCUT2D eigenvalue weighted by molar-refractivity contribution is 0.0932. The van der Waals surface area contributed by atoms with Gasteiger partial charge in [-0.15, -0.1) is 0 Å². The predicted molar refractivity (Wildman–Crippen MR) is 86.7 cm³/mol. The minimum Gasteiger partial charge on any atom is -0.380 e. The molecule has 3 rings (SSSR count). The third kappa shape index (κ3) is 3.20. The number of methoxy groups -OCH3 is 1. The second-order valence-corrected chi connectivity index (χ2v) is 5.75. The molecule has 0 saturated carbocycles. The molecule has 1 amide bonds. The summed E-state index contributed by atoms with van der Waals surface area (Å²) in [5.74, 6) is -0.0142. The lowest BCUT2D eigenvalue weighted by Gasteiger charge is -2.26. The molecule has 114 valence electrons. The molecule has 0 radical (unpaired) electrons. The lowest BCUT2D eigenvalue weighted by Crippen LogP contribution is -2.31. The molecule has 3 heteroatoms. The highest BCUT2D eigenvalue weighted by Crippen LogP contribution is 2.29. The largest absolute Gasteiger partial charge is 0.380 e. The normalized spacial score (nSPS) is 16.9. The Balaban J connectivity index is 1.76. The van der Waals surface area contributed by atoms with E-state index in [0.717, 1.165) is 24.8 Å². The summed E-state index contributed by atoms with van der Waals surface area (Å²) in [6.07, 6.45) is 3.22. The van der Waals surface area contributed by atoms with E-state index < -0.39 is 0 Å². The van der Waals surface area contributed by atoms with E-state index in [0.29, 0.717) is 12.2 Å². The van der Waals surface area contributed by atoms with Gasteiger partial charge in [0.2, 0.25) is 0 Å². The summed E-state index contributed by atoms with van der Waals surface area (Å²) in [4.78, 5) is 12.5. The summed E-state index contributed by atoms with van der Waals surface area (Å²) < 4.78 is 5.13. The molecule has 1 N–H and O–H groups in total. The molecule has 0 bridgehead atoms. The Bertz CT molecular complexity index is 666. The van der Waals surface area contributed by atoms with E-state index in [1.165, 1.54) is 11.1 Å². The maximum absolute atomic E-state index is 12.5. The van der Waals surface area contributed by atoms with Crippen molar-refractivity contribution >= 4 is 5.91 Å². The van der Waals surface area contributed by atoms with Crippen LogP contribution in [0.25, 0.3) is 0 Å². The summed E-state index contributed by atoms with van der Waals surface area (Å²) in [6, 6.07) is 16.1. The molecule has 3 nitrogen and oxygen atoms in total. The van der Waals surface area contributed by atoms with Gasteiger partial charge < -0.3 is 10.1 Å². The Morgan fingerprint density at radius 3 is 2.95 bits per heavy atom. The number of fused-ring (bicyclic) bond motifs is 1. The molecule has 0 aromatic heterocycles. The molecule has 22 heavy (non-hydrogen) atoms. The number of hydrogen-bond acceptors (Lipinski definition) is 2. The first kappa shape index (κ1) is 14.8. The van der Waals surface area contributed by atoms with Crippen LogP contribution in [-0.4, -0.2) is 13.0 Å². The zero-order valence-electron chi connectivity index (χ0n) is 12.8. The molecule has 1 aliphatic rings. The molecule has 0 aliphatic heterocycles. The zero-order chi connectivity index (χ0) is 15.4. The molecule has 2 aromatic rings. The molecule has 0 fully saturated rings. The van der Waals surface area contributed by atoms with Crippen molar-refractivity contribution in [1.29, 1.82) is 0 Å². The highest BCUT2D eigenvalue weighted by atomic mass is 16.5. The van der Waals surface area contributed by atoms with Crippen molar-refractivity contribution in [3.63, 3.8) is 0 Å². The third-order valence-electron chi connectivity index (χ3n) is 4.17. The number of benzene rings is 2. The van der Waals surface area contributed by atoms with Crippen LogP contribution in [0.5, 0.6) is 0 Å². The number of nitrogens with one attached hydrogen (secondary N) is 1. The van der Waals surface area contributed by atoms with Crippen LogP contribution in [0.3, 0.4) is 0 Å². The van der Waals surface area contributed by atoms with Gasteiger partial charge in [0.05, 0.1) is 12.6 Å². The standard InChI is InChI=1S/C19H21NO2/c1-22-13-14-6-4-9-16(12-14)19(21)20-18-11-5-8-15-7-2-3-10-17(15)18/h2-4,6-7,9-10,12,18H,5,8,11,13H2,1H3,(H,20,21)/t18-/m1/s1. The van der Waals surface area contributed by atoms with E-state index >= 15 is 0 Å². The van der Waals surface area contributed by atoms with Crippen LogP contribution in [-0.2, 0) is 17.8 Å². The van der Waals surface area contributed by atoms with Crippen molar-refractivity contribution in [2.75, 3.05) is 7.11 Å². The van der Waals surface area contributed by atoms with E-state index in [-0.39, 0.29) is 11.9 Å². The van der Waals surface area contributed by atoms with Crippen molar-refractivity contribution in [3.8, 4) is 0 Å². The van der Waals surface area contributed by atoms with Crippen molar-refractivity contribution in [2.45, 2.75) is 31.9 Å². The van der Waals surface area contributed by atoms with Crippen molar-refractivity contribution in [3.05, 3.63) is 70.8 Å². The Labute approximate surface area is 131 Å². The lowest BCUT2D eigenvalue weighted by atomic mass is 9.87. The Morgan fingerprint density at radius 1 is 1.23 bits per heavy atom. The summed E-state index contributed by atoms with van der Waals surface area (Å²) in [7, 11) is 1.66. The second-order valence-electron chi connectivity index (χ2n) is 5.75. The Kier molecular flexibility index (Phi) is 4.54. The monoisotopic (exact) mass is 295 g/mol. The smallest absolute Gasteiger partial charge is 0.251 e. The highest BCUT2D eigenvalue weighted by Gasteiger charge is 2.21. The van der Waals surface area contributed by atoms with Gasteiger partial charge in [0.25, 0.3) is 5.91 Å². The molecule has 1 aliphatic carbocycles. The van der Waals surface area contributed by atoms with Crippen LogP contribution in [0.2, 0.25) is 0 Å². The number of carbonyl (C=O) groups is 1. The fourth-order valence-corrected chi connectivity index (χ4v) is 3.11. The first-order valence-electron chi connectivity index (χ1n) is 7.74. The van der Waals surface area contributed by atoms with Crippen LogP contribution >= 0.6 is 0 Å². The van der Waals surface area contributed by atoms with Crippen molar-refractivity contribution in [2.24, 2.45) is 0 Å². The molecular weight excluding hydrogens is 274 g/mol. The van der Waals surface area contributed by atoms with Crippen LogP contribution in [0.15, 0.2) is 48.5 Å². The SMILES string of the molecule is COCc1cccc(C(=O)N[C@@H]2CCCc3ccccc32)c1. The van der Waals surface area contributed by atoms with E-state index in [1.807, 2.05) is 30.3 Å². The van der Waals surface area contributed by atoms with E-state index in [1.54, 1.807) is 7.11 Å². The van der Waals surface area contributed by atoms with E-state index in [9.17, 15) is 4.79 Å². The van der Waals surface area contributed by atoms with Gasteiger partial charge in [-0.05, 0) is 48.1 Å². The highest BCUT2D eigenvalue weighted by molar-refractivity contribution is 5.94. The summed E-state index contributed by atoms with van der Waals surface area (Å²) in [6.45, 7) is 0.521. The summed E-state index contributed by atoms with van der Waals surface area (Å²) >= 11 is 0. The van der Waals surface area contributed by atoms with Crippen molar-refractivity contribution in [1.82, 2.24) is 5.32 Å². The van der Waals surface area contributed by atoms with Crippen LogP contribution < -0.4 is 5.32 Å². The first-order valence-corrected chi connectivity index (χ1v) is 7.74. The van der Waals surface area contributed by atoms with Gasteiger partial charge in [0.15, 0.2) is 0 Å². The van der Waals surface area contributed by atoms with E-state index in [2.05, 4.69) is 23.5 Å². The van der Waals surface area contributed by atoms with Gasteiger partial charge in [0.1, 0.15) is 0 Å². The van der Waals surface area contributed by atoms with Crippen molar-refractivity contribution < 1.29 is 9.53 Å². The summed E-state index contributed by atoms with van der Waals surface area (Å²) in [5.41, 5.74) is 4.32. The minimum absolute atomic E-state index is 0.0142. The Morgan fingerprint density at radius 2 is 2.09 bits per heavy atom. The quantitative estimate of drug-likeness (QED) is 0.935. The number of rotatable bonds is 4. The van der Waals surface area contributed by atoms with Crippen LogP contribution in [0.1, 0.15) is 45.9 Å². The number of carbonyl (C=O) groups excluding carboxylic acids is 1. The third-order valence-corrected chi connectivity index (χ3v) is 4.17. The van der Waals surface area contributed by atoms with Crippen LogP contribution in [0.4, 0.5) is 0 Å². The van der Waals surface area contributed by atoms with Crippen LogP contribution in [0, 0.1) is 0 Å². The molecule has 2 aromatic carbocycles. The maximum atomic E-state index is 12.5. The average molecular weight is 295 g/mol. The number of amides is 1. The fourth-order valence-electron chi connectivity index (χ4n) is 3.11. The molecule has 1 atom stereocenters. The molecular formula is C19H21NO2. The average Bonchev–Trinajstić information content (AvgIpc) is 2.56. The molecule has 0 spiro atoms. The minimum atomic E-state index is -0.0142. The van der Waals surface area contributed by atoms with E-state index in [4.69, 9.17) is 4.74 Å². The topological polar surface area (TPSA) is 38.3 Å². The predicted octanol–water partition coefficient (Wildman–Crippen LogP) is 3.64. The summed E-state index contributed by atoms with van der Waals surface area (Å²) in [5, 5.41) is 3.18.